The fourth-order valence-electron chi connectivity index (χ4n) is 2.25. The maximum Gasteiger partial charge on any atom is 0.0679 e. The van der Waals surface area contributed by atoms with Crippen LogP contribution in [-0.2, 0) is 5.41 Å². The first-order valence-corrected chi connectivity index (χ1v) is 8.47. The molecule has 1 N–H and O–H groups in total. The summed E-state index contributed by atoms with van der Waals surface area (Å²) < 4.78 is 1.16. The van der Waals surface area contributed by atoms with Crippen molar-refractivity contribution in [3.8, 4) is 0 Å². The molecule has 0 aliphatic heterocycles. The van der Waals surface area contributed by atoms with Crippen LogP contribution >= 0.6 is 27.3 Å². The van der Waals surface area contributed by atoms with Crippen molar-refractivity contribution in [1.29, 1.82) is 0 Å². The maximum absolute atomic E-state index is 3.68. The van der Waals surface area contributed by atoms with Gasteiger partial charge in [0.05, 0.1) is 6.04 Å². The minimum atomic E-state index is 0.213. The molecule has 0 saturated carbocycles. The largest absolute Gasteiger partial charge is 0.309 e. The van der Waals surface area contributed by atoms with E-state index in [1.54, 1.807) is 0 Å². The number of thiophene rings is 1. The second-order valence-corrected chi connectivity index (χ2v) is 8.17. The Morgan fingerprint density at radius 1 is 1.15 bits per heavy atom. The van der Waals surface area contributed by atoms with Crippen LogP contribution in [0, 0.1) is 6.92 Å². The monoisotopic (exact) mass is 351 g/mol. The highest BCUT2D eigenvalue weighted by Gasteiger charge is 2.21. The third-order valence-corrected chi connectivity index (χ3v) is 5.70. The summed E-state index contributed by atoms with van der Waals surface area (Å²) in [6, 6.07) is 11.3. The summed E-state index contributed by atoms with van der Waals surface area (Å²) in [5, 5.41) is 3.45. The fraction of sp³-hybridized carbons (Fsp3) is 0.412. The topological polar surface area (TPSA) is 12.0 Å². The summed E-state index contributed by atoms with van der Waals surface area (Å²) in [4.78, 5) is 2.79. The Balaban J connectivity index is 2.42. The number of aryl methyl sites for hydroxylation is 1. The predicted octanol–water partition coefficient (Wildman–Crippen LogP) is 5.43. The van der Waals surface area contributed by atoms with Gasteiger partial charge in [0, 0.05) is 14.2 Å². The lowest BCUT2D eigenvalue weighted by Gasteiger charge is -2.19. The van der Waals surface area contributed by atoms with Crippen LogP contribution in [0.1, 0.15) is 47.7 Å². The Kier molecular flexibility index (Phi) is 4.73. The average molecular weight is 352 g/mol. The second-order valence-electron chi connectivity index (χ2n) is 6.20. The quantitative estimate of drug-likeness (QED) is 0.777. The van der Waals surface area contributed by atoms with E-state index in [1.165, 1.54) is 20.9 Å². The molecule has 20 heavy (non-hydrogen) atoms. The molecule has 1 aromatic heterocycles. The van der Waals surface area contributed by atoms with E-state index < -0.39 is 0 Å². The highest BCUT2D eigenvalue weighted by atomic mass is 79.9. The standard InChI is InChI=1S/C17H22BrNS/c1-11-6-7-13(18)12(10-11)16(19-5)14-8-9-15(20-14)17(2,3)4/h6-10,16,19H,1-5H3. The molecule has 1 atom stereocenters. The Morgan fingerprint density at radius 3 is 2.40 bits per heavy atom. The van der Waals surface area contributed by atoms with Crippen molar-refractivity contribution in [2.45, 2.75) is 39.2 Å². The van der Waals surface area contributed by atoms with E-state index in [4.69, 9.17) is 0 Å². The first-order valence-electron chi connectivity index (χ1n) is 6.86. The number of hydrogen-bond acceptors (Lipinski definition) is 2. The SMILES string of the molecule is CNC(c1ccc(C(C)(C)C)s1)c1cc(C)ccc1Br. The molecule has 108 valence electrons. The van der Waals surface area contributed by atoms with Crippen LogP contribution in [0.4, 0.5) is 0 Å². The second kappa shape index (κ2) is 6.00. The predicted molar refractivity (Wildman–Crippen MR) is 92.8 cm³/mol. The van der Waals surface area contributed by atoms with Crippen LogP contribution in [0.5, 0.6) is 0 Å². The Morgan fingerprint density at radius 2 is 1.85 bits per heavy atom. The Bertz CT molecular complexity index is 595. The van der Waals surface area contributed by atoms with Gasteiger partial charge in [0.2, 0.25) is 0 Å². The minimum Gasteiger partial charge on any atom is -0.309 e. The summed E-state index contributed by atoms with van der Waals surface area (Å²) in [5.74, 6) is 0. The zero-order valence-corrected chi connectivity index (χ0v) is 15.2. The molecule has 2 aromatic rings. The number of halogens is 1. The molecule has 0 aliphatic rings. The molecule has 0 spiro atoms. The fourth-order valence-corrected chi connectivity index (χ4v) is 3.92. The molecule has 0 fully saturated rings. The van der Waals surface area contributed by atoms with Crippen molar-refractivity contribution < 1.29 is 0 Å². The van der Waals surface area contributed by atoms with Gasteiger partial charge in [0.15, 0.2) is 0 Å². The summed E-state index contributed by atoms with van der Waals surface area (Å²) in [7, 11) is 2.02. The molecule has 1 heterocycles. The lowest BCUT2D eigenvalue weighted by Crippen LogP contribution is -2.17. The zero-order chi connectivity index (χ0) is 14.9. The molecule has 0 bridgehead atoms. The normalized spacial score (nSPS) is 13.5. The molecule has 0 saturated heterocycles. The van der Waals surface area contributed by atoms with Gasteiger partial charge in [-0.3, -0.25) is 0 Å². The third-order valence-electron chi connectivity index (χ3n) is 3.40. The van der Waals surface area contributed by atoms with Crippen LogP contribution < -0.4 is 5.32 Å². The lowest BCUT2D eigenvalue weighted by atomic mass is 9.95. The van der Waals surface area contributed by atoms with Crippen molar-refractivity contribution >= 4 is 27.3 Å². The number of hydrogen-bond donors (Lipinski definition) is 1. The van der Waals surface area contributed by atoms with E-state index in [2.05, 4.69) is 79.3 Å². The van der Waals surface area contributed by atoms with Gasteiger partial charge >= 0.3 is 0 Å². The van der Waals surface area contributed by atoms with Crippen molar-refractivity contribution in [2.75, 3.05) is 7.05 Å². The molecule has 0 amide bonds. The van der Waals surface area contributed by atoms with E-state index in [0.717, 1.165) is 4.47 Å². The van der Waals surface area contributed by atoms with E-state index >= 15 is 0 Å². The summed E-state index contributed by atoms with van der Waals surface area (Å²) in [5.41, 5.74) is 2.80. The first kappa shape index (κ1) is 15.7. The molecule has 2 rings (SSSR count). The maximum atomic E-state index is 3.68. The van der Waals surface area contributed by atoms with Gasteiger partial charge in [0.25, 0.3) is 0 Å². The number of rotatable bonds is 3. The molecule has 1 unspecified atom stereocenters. The minimum absolute atomic E-state index is 0.213. The average Bonchev–Trinajstić information content (AvgIpc) is 2.84. The van der Waals surface area contributed by atoms with E-state index in [0.29, 0.717) is 0 Å². The van der Waals surface area contributed by atoms with Crippen LogP contribution in [0.25, 0.3) is 0 Å². The van der Waals surface area contributed by atoms with Crippen LogP contribution in [-0.4, -0.2) is 7.05 Å². The van der Waals surface area contributed by atoms with Gasteiger partial charge in [0.1, 0.15) is 0 Å². The smallest absolute Gasteiger partial charge is 0.0679 e. The van der Waals surface area contributed by atoms with Crippen LogP contribution in [0.15, 0.2) is 34.8 Å². The lowest BCUT2D eigenvalue weighted by molar-refractivity contribution is 0.604. The van der Waals surface area contributed by atoms with Crippen LogP contribution in [0.3, 0.4) is 0 Å². The highest BCUT2D eigenvalue weighted by molar-refractivity contribution is 9.10. The van der Waals surface area contributed by atoms with E-state index in [9.17, 15) is 0 Å². The summed E-state index contributed by atoms with van der Waals surface area (Å²) in [6.07, 6.45) is 0. The van der Waals surface area contributed by atoms with Gasteiger partial charge in [-0.05, 0) is 43.1 Å². The molecular weight excluding hydrogens is 330 g/mol. The van der Waals surface area contributed by atoms with Gasteiger partial charge in [-0.25, -0.2) is 0 Å². The van der Waals surface area contributed by atoms with Crippen molar-refractivity contribution in [3.63, 3.8) is 0 Å². The summed E-state index contributed by atoms with van der Waals surface area (Å²) in [6.45, 7) is 8.93. The molecule has 3 heteroatoms. The van der Waals surface area contributed by atoms with E-state index in [-0.39, 0.29) is 11.5 Å². The molecule has 1 aromatic carbocycles. The van der Waals surface area contributed by atoms with Gasteiger partial charge in [-0.1, -0.05) is 54.4 Å². The first-order chi connectivity index (χ1) is 9.32. The number of nitrogens with one attached hydrogen (secondary N) is 1. The number of benzene rings is 1. The third kappa shape index (κ3) is 3.33. The van der Waals surface area contributed by atoms with E-state index in [1.807, 2.05) is 18.4 Å². The van der Waals surface area contributed by atoms with Crippen molar-refractivity contribution in [2.24, 2.45) is 0 Å². The highest BCUT2D eigenvalue weighted by Crippen LogP contribution is 2.36. The van der Waals surface area contributed by atoms with Gasteiger partial charge in [-0.2, -0.15) is 0 Å². The Labute approximate surface area is 134 Å². The molecule has 1 nitrogen and oxygen atoms in total. The molecular formula is C17H22BrNS. The van der Waals surface area contributed by atoms with Gasteiger partial charge in [-0.15, -0.1) is 11.3 Å². The van der Waals surface area contributed by atoms with Gasteiger partial charge < -0.3 is 5.32 Å². The Hall–Kier alpha value is -0.640. The zero-order valence-electron chi connectivity index (χ0n) is 12.8. The van der Waals surface area contributed by atoms with Crippen molar-refractivity contribution in [1.82, 2.24) is 5.32 Å². The summed E-state index contributed by atoms with van der Waals surface area (Å²) >= 11 is 5.58. The van der Waals surface area contributed by atoms with Crippen LogP contribution in [0.2, 0.25) is 0 Å². The van der Waals surface area contributed by atoms with Crippen molar-refractivity contribution in [3.05, 3.63) is 55.7 Å². The molecule has 0 aliphatic carbocycles. The molecule has 0 radical (unpaired) electrons.